The molecule has 0 fully saturated rings. The highest BCUT2D eigenvalue weighted by atomic mass is 16.5. The molecule has 0 aliphatic rings. The van der Waals surface area contributed by atoms with Crippen molar-refractivity contribution < 1.29 is 9.84 Å². The Morgan fingerprint density at radius 3 is 2.61 bits per heavy atom. The Morgan fingerprint density at radius 2 is 2.00 bits per heavy atom. The molecule has 96 valence electrons. The van der Waals surface area contributed by atoms with Crippen molar-refractivity contribution in [3.8, 4) is 5.75 Å². The number of nitrogens with zero attached hydrogens (tertiary/aromatic N) is 2. The summed E-state index contributed by atoms with van der Waals surface area (Å²) in [5.74, 6) is 0.709. The van der Waals surface area contributed by atoms with Gasteiger partial charge in [-0.05, 0) is 19.9 Å². The number of para-hydroxylation sites is 1. The number of hydrogen-bond donors (Lipinski definition) is 1. The van der Waals surface area contributed by atoms with Crippen LogP contribution in [0.15, 0.2) is 36.8 Å². The van der Waals surface area contributed by atoms with Crippen LogP contribution in [0.2, 0.25) is 0 Å². The van der Waals surface area contributed by atoms with Gasteiger partial charge in [-0.25, -0.2) is 4.98 Å². The summed E-state index contributed by atoms with van der Waals surface area (Å²) < 4.78 is 7.52. The third-order valence-corrected chi connectivity index (χ3v) is 2.71. The van der Waals surface area contributed by atoms with Crippen molar-refractivity contribution in [1.82, 2.24) is 9.55 Å². The van der Waals surface area contributed by atoms with Gasteiger partial charge >= 0.3 is 0 Å². The van der Waals surface area contributed by atoms with Crippen molar-refractivity contribution in [2.45, 2.75) is 26.1 Å². The summed E-state index contributed by atoms with van der Waals surface area (Å²) in [6, 6.07) is 7.53. The maximum atomic E-state index is 10.4. The Labute approximate surface area is 107 Å². The maximum absolute atomic E-state index is 10.4. The van der Waals surface area contributed by atoms with Crippen molar-refractivity contribution in [3.63, 3.8) is 0 Å². The Bertz CT molecular complexity index is 520. The van der Waals surface area contributed by atoms with Crippen LogP contribution in [0.3, 0.4) is 0 Å². The number of imidazole rings is 1. The number of rotatable bonds is 4. The normalized spacial score (nSPS) is 12.7. The van der Waals surface area contributed by atoms with E-state index in [-0.39, 0.29) is 6.10 Å². The van der Waals surface area contributed by atoms with Crippen LogP contribution in [0.5, 0.6) is 5.75 Å². The fourth-order valence-corrected chi connectivity index (χ4v) is 1.86. The zero-order valence-corrected chi connectivity index (χ0v) is 10.9. The van der Waals surface area contributed by atoms with E-state index < -0.39 is 6.10 Å². The lowest BCUT2D eigenvalue weighted by atomic mass is 10.1. The van der Waals surface area contributed by atoms with Gasteiger partial charge in [-0.2, -0.15) is 0 Å². The topological polar surface area (TPSA) is 47.3 Å². The van der Waals surface area contributed by atoms with Crippen LogP contribution in [0.4, 0.5) is 0 Å². The molecular weight excluding hydrogens is 228 g/mol. The lowest BCUT2D eigenvalue weighted by Gasteiger charge is -2.18. The number of benzene rings is 1. The average Bonchev–Trinajstić information content (AvgIpc) is 2.74. The number of ether oxygens (including phenoxy) is 1. The molecule has 0 aliphatic heterocycles. The van der Waals surface area contributed by atoms with E-state index >= 15 is 0 Å². The number of aromatic nitrogens is 2. The minimum absolute atomic E-state index is 0.0740. The SMILES string of the molecule is CC(C)Oc1ccccc1C(O)c1cncn1C. The van der Waals surface area contributed by atoms with E-state index in [1.165, 1.54) is 0 Å². The molecule has 0 spiro atoms. The molecule has 1 unspecified atom stereocenters. The van der Waals surface area contributed by atoms with Crippen molar-refractivity contribution >= 4 is 0 Å². The number of aliphatic hydroxyl groups excluding tert-OH is 1. The van der Waals surface area contributed by atoms with E-state index in [4.69, 9.17) is 4.74 Å². The zero-order chi connectivity index (χ0) is 13.1. The van der Waals surface area contributed by atoms with Gasteiger partial charge in [0.25, 0.3) is 0 Å². The molecule has 0 radical (unpaired) electrons. The van der Waals surface area contributed by atoms with Crippen LogP contribution in [-0.4, -0.2) is 20.8 Å². The average molecular weight is 246 g/mol. The quantitative estimate of drug-likeness (QED) is 0.900. The molecule has 0 saturated heterocycles. The molecule has 0 amide bonds. The van der Waals surface area contributed by atoms with E-state index in [0.29, 0.717) is 5.75 Å². The second-order valence-electron chi connectivity index (χ2n) is 4.54. The molecule has 0 aliphatic carbocycles. The molecule has 1 heterocycles. The number of hydrogen-bond acceptors (Lipinski definition) is 3. The predicted molar refractivity (Wildman–Crippen MR) is 69.5 cm³/mol. The van der Waals surface area contributed by atoms with Crippen LogP contribution in [0.25, 0.3) is 0 Å². The first-order valence-electron chi connectivity index (χ1n) is 5.99. The first kappa shape index (κ1) is 12.6. The van der Waals surface area contributed by atoms with Gasteiger partial charge in [0.1, 0.15) is 11.9 Å². The van der Waals surface area contributed by atoms with Crippen LogP contribution >= 0.6 is 0 Å². The molecule has 1 N–H and O–H groups in total. The molecule has 18 heavy (non-hydrogen) atoms. The van der Waals surface area contributed by atoms with Gasteiger partial charge in [0.05, 0.1) is 24.3 Å². The first-order chi connectivity index (χ1) is 8.59. The highest BCUT2D eigenvalue weighted by Crippen LogP contribution is 2.30. The summed E-state index contributed by atoms with van der Waals surface area (Å²) in [5, 5.41) is 10.4. The van der Waals surface area contributed by atoms with Gasteiger partial charge in [-0.1, -0.05) is 18.2 Å². The zero-order valence-electron chi connectivity index (χ0n) is 10.9. The van der Waals surface area contributed by atoms with E-state index in [2.05, 4.69) is 4.98 Å². The molecule has 0 bridgehead atoms. The van der Waals surface area contributed by atoms with Crippen LogP contribution in [0, 0.1) is 0 Å². The lowest BCUT2D eigenvalue weighted by Crippen LogP contribution is -2.11. The Hall–Kier alpha value is -1.81. The van der Waals surface area contributed by atoms with Crippen LogP contribution < -0.4 is 4.74 Å². The smallest absolute Gasteiger partial charge is 0.125 e. The molecule has 2 aromatic rings. The molecule has 0 saturated carbocycles. The lowest BCUT2D eigenvalue weighted by molar-refractivity contribution is 0.192. The van der Waals surface area contributed by atoms with E-state index in [1.807, 2.05) is 45.2 Å². The third-order valence-electron chi connectivity index (χ3n) is 2.71. The van der Waals surface area contributed by atoms with Crippen molar-refractivity contribution in [3.05, 3.63) is 48.0 Å². The molecule has 1 atom stereocenters. The molecule has 4 nitrogen and oxygen atoms in total. The summed E-state index contributed by atoms with van der Waals surface area (Å²) >= 11 is 0. The molecule has 2 rings (SSSR count). The molecule has 1 aromatic carbocycles. The second-order valence-corrected chi connectivity index (χ2v) is 4.54. The Balaban J connectivity index is 2.36. The van der Waals surface area contributed by atoms with E-state index in [9.17, 15) is 5.11 Å². The van der Waals surface area contributed by atoms with E-state index in [0.717, 1.165) is 11.3 Å². The second kappa shape index (κ2) is 5.23. The van der Waals surface area contributed by atoms with Gasteiger partial charge in [0.15, 0.2) is 0 Å². The highest BCUT2D eigenvalue weighted by molar-refractivity contribution is 5.38. The minimum atomic E-state index is -0.729. The Kier molecular flexibility index (Phi) is 3.67. The Morgan fingerprint density at radius 1 is 1.28 bits per heavy atom. The summed E-state index contributed by atoms with van der Waals surface area (Å²) in [6.07, 6.45) is 2.68. The van der Waals surface area contributed by atoms with Gasteiger partial charge in [-0.15, -0.1) is 0 Å². The van der Waals surface area contributed by atoms with Crippen LogP contribution in [-0.2, 0) is 7.05 Å². The van der Waals surface area contributed by atoms with Crippen LogP contribution in [0.1, 0.15) is 31.2 Å². The predicted octanol–water partition coefficient (Wildman–Crippen LogP) is 2.29. The fourth-order valence-electron chi connectivity index (χ4n) is 1.86. The van der Waals surface area contributed by atoms with Crippen molar-refractivity contribution in [2.24, 2.45) is 7.05 Å². The summed E-state index contributed by atoms with van der Waals surface area (Å²) in [6.45, 7) is 3.93. The summed E-state index contributed by atoms with van der Waals surface area (Å²) in [4.78, 5) is 4.02. The third kappa shape index (κ3) is 2.54. The minimum Gasteiger partial charge on any atom is -0.491 e. The van der Waals surface area contributed by atoms with Crippen molar-refractivity contribution in [2.75, 3.05) is 0 Å². The number of aryl methyl sites for hydroxylation is 1. The van der Waals surface area contributed by atoms with Gasteiger partial charge in [0.2, 0.25) is 0 Å². The maximum Gasteiger partial charge on any atom is 0.125 e. The fraction of sp³-hybridized carbons (Fsp3) is 0.357. The van der Waals surface area contributed by atoms with Gasteiger partial charge in [-0.3, -0.25) is 0 Å². The standard InChI is InChI=1S/C14H18N2O2/c1-10(2)18-13-7-5-4-6-11(13)14(17)12-8-15-9-16(12)3/h4-10,14,17H,1-3H3. The van der Waals surface area contributed by atoms with Gasteiger partial charge in [0, 0.05) is 12.6 Å². The summed E-state index contributed by atoms with van der Waals surface area (Å²) in [5.41, 5.74) is 1.50. The summed E-state index contributed by atoms with van der Waals surface area (Å²) in [7, 11) is 1.86. The molecule has 4 heteroatoms. The highest BCUT2D eigenvalue weighted by Gasteiger charge is 2.18. The first-order valence-corrected chi connectivity index (χ1v) is 5.99. The van der Waals surface area contributed by atoms with Crippen molar-refractivity contribution in [1.29, 1.82) is 0 Å². The number of aliphatic hydroxyl groups is 1. The van der Waals surface area contributed by atoms with Gasteiger partial charge < -0.3 is 14.4 Å². The molecular formula is C14H18N2O2. The molecule has 1 aromatic heterocycles. The largest absolute Gasteiger partial charge is 0.491 e. The monoisotopic (exact) mass is 246 g/mol. The van der Waals surface area contributed by atoms with E-state index in [1.54, 1.807) is 17.1 Å².